The Morgan fingerprint density at radius 1 is 1.10 bits per heavy atom. The topological polar surface area (TPSA) is 20.2 Å². The van der Waals surface area contributed by atoms with Crippen LogP contribution in [0.25, 0.3) is 5.69 Å². The molecule has 0 spiro atoms. The summed E-state index contributed by atoms with van der Waals surface area (Å²) in [4.78, 5) is 2.42. The van der Waals surface area contributed by atoms with Gasteiger partial charge < -0.3 is 14.8 Å². The van der Waals surface area contributed by atoms with Crippen molar-refractivity contribution in [2.75, 3.05) is 32.0 Å². The van der Waals surface area contributed by atoms with Gasteiger partial charge >= 0.3 is 0 Å². The third-order valence-corrected chi connectivity index (χ3v) is 4.18. The van der Waals surface area contributed by atoms with Crippen molar-refractivity contribution in [2.45, 2.75) is 12.8 Å². The van der Waals surface area contributed by atoms with E-state index in [0.29, 0.717) is 0 Å². The van der Waals surface area contributed by atoms with Gasteiger partial charge in [-0.3, -0.25) is 0 Å². The first-order valence-corrected chi connectivity index (χ1v) is 7.47. The van der Waals surface area contributed by atoms with Gasteiger partial charge in [0.25, 0.3) is 0 Å². The number of benzene rings is 1. The third-order valence-electron chi connectivity index (χ3n) is 4.18. The molecule has 0 radical (unpaired) electrons. The van der Waals surface area contributed by atoms with Crippen molar-refractivity contribution in [1.82, 2.24) is 9.47 Å². The van der Waals surface area contributed by atoms with E-state index in [1.807, 2.05) is 0 Å². The number of aromatic nitrogens is 1. The van der Waals surface area contributed by atoms with Crippen molar-refractivity contribution < 1.29 is 0 Å². The standard InChI is InChI=1S/C17H23N3/c1-19-11-7-15(8-12-19)14-18-16-5-4-6-17(13-16)20-9-2-3-10-20/h2-6,9-10,13,15,18H,7-8,11-12,14H2,1H3. The molecule has 3 rings (SSSR count). The average molecular weight is 269 g/mol. The molecule has 1 aromatic heterocycles. The van der Waals surface area contributed by atoms with Crippen LogP contribution in [0.3, 0.4) is 0 Å². The van der Waals surface area contributed by atoms with Gasteiger partial charge in [-0.15, -0.1) is 0 Å². The second-order valence-electron chi connectivity index (χ2n) is 5.77. The molecule has 0 unspecified atom stereocenters. The van der Waals surface area contributed by atoms with Crippen LogP contribution >= 0.6 is 0 Å². The molecule has 1 aromatic carbocycles. The summed E-state index contributed by atoms with van der Waals surface area (Å²) < 4.78 is 2.14. The van der Waals surface area contributed by atoms with Crippen LogP contribution in [0, 0.1) is 5.92 Å². The fourth-order valence-electron chi connectivity index (χ4n) is 2.81. The molecule has 106 valence electrons. The smallest absolute Gasteiger partial charge is 0.0469 e. The molecule has 0 bridgehead atoms. The van der Waals surface area contributed by atoms with Gasteiger partial charge in [0.15, 0.2) is 0 Å². The molecule has 0 aliphatic carbocycles. The summed E-state index contributed by atoms with van der Waals surface area (Å²) in [5, 5.41) is 3.60. The SMILES string of the molecule is CN1CCC(CNc2cccc(-n3cccc3)c2)CC1. The Balaban J connectivity index is 1.59. The van der Waals surface area contributed by atoms with Gasteiger partial charge in [0.2, 0.25) is 0 Å². The van der Waals surface area contributed by atoms with Crippen molar-refractivity contribution >= 4 is 5.69 Å². The van der Waals surface area contributed by atoms with Gasteiger partial charge in [0.1, 0.15) is 0 Å². The predicted molar refractivity (Wildman–Crippen MR) is 84.5 cm³/mol. The molecule has 1 fully saturated rings. The normalized spacial score (nSPS) is 17.2. The van der Waals surface area contributed by atoms with Gasteiger partial charge in [-0.1, -0.05) is 6.07 Å². The highest BCUT2D eigenvalue weighted by molar-refractivity contribution is 5.51. The summed E-state index contributed by atoms with van der Waals surface area (Å²) in [6, 6.07) is 12.7. The van der Waals surface area contributed by atoms with Crippen molar-refractivity contribution in [3.8, 4) is 5.69 Å². The van der Waals surface area contributed by atoms with Crippen LogP contribution in [0.15, 0.2) is 48.8 Å². The second kappa shape index (κ2) is 6.14. The van der Waals surface area contributed by atoms with Gasteiger partial charge in [0.05, 0.1) is 0 Å². The molecule has 1 N–H and O–H groups in total. The number of anilines is 1. The molecular weight excluding hydrogens is 246 g/mol. The minimum absolute atomic E-state index is 0.807. The zero-order chi connectivity index (χ0) is 13.8. The Bertz CT molecular complexity index is 525. The first-order valence-electron chi connectivity index (χ1n) is 7.47. The van der Waals surface area contributed by atoms with E-state index in [1.54, 1.807) is 0 Å². The van der Waals surface area contributed by atoms with Crippen molar-refractivity contribution in [3.63, 3.8) is 0 Å². The summed E-state index contributed by atoms with van der Waals surface area (Å²) in [6.45, 7) is 3.55. The lowest BCUT2D eigenvalue weighted by molar-refractivity contribution is 0.226. The predicted octanol–water partition coefficient (Wildman–Crippen LogP) is 3.23. The van der Waals surface area contributed by atoms with Gasteiger partial charge in [-0.2, -0.15) is 0 Å². The highest BCUT2D eigenvalue weighted by atomic mass is 15.1. The lowest BCUT2D eigenvalue weighted by Gasteiger charge is -2.29. The highest BCUT2D eigenvalue weighted by Crippen LogP contribution is 2.19. The van der Waals surface area contributed by atoms with E-state index >= 15 is 0 Å². The van der Waals surface area contributed by atoms with E-state index in [4.69, 9.17) is 0 Å². The zero-order valence-corrected chi connectivity index (χ0v) is 12.1. The minimum atomic E-state index is 0.807. The third kappa shape index (κ3) is 3.23. The van der Waals surface area contributed by atoms with E-state index in [1.165, 1.54) is 37.3 Å². The number of likely N-dealkylation sites (tertiary alicyclic amines) is 1. The molecule has 1 aliphatic rings. The molecule has 3 nitrogen and oxygen atoms in total. The summed E-state index contributed by atoms with van der Waals surface area (Å²) in [7, 11) is 2.21. The lowest BCUT2D eigenvalue weighted by atomic mass is 9.97. The van der Waals surface area contributed by atoms with E-state index < -0.39 is 0 Å². The fourth-order valence-corrected chi connectivity index (χ4v) is 2.81. The lowest BCUT2D eigenvalue weighted by Crippen LogP contribution is -2.32. The van der Waals surface area contributed by atoms with Crippen molar-refractivity contribution in [3.05, 3.63) is 48.8 Å². The Labute approximate surface area is 121 Å². The van der Waals surface area contributed by atoms with Crippen LogP contribution in [0.2, 0.25) is 0 Å². The van der Waals surface area contributed by atoms with Crippen LogP contribution in [0.5, 0.6) is 0 Å². The minimum Gasteiger partial charge on any atom is -0.385 e. The zero-order valence-electron chi connectivity index (χ0n) is 12.1. The molecule has 0 saturated carbocycles. The molecule has 0 amide bonds. The highest BCUT2D eigenvalue weighted by Gasteiger charge is 2.16. The van der Waals surface area contributed by atoms with Crippen LogP contribution < -0.4 is 5.32 Å². The van der Waals surface area contributed by atoms with Crippen molar-refractivity contribution in [2.24, 2.45) is 5.92 Å². The van der Waals surface area contributed by atoms with E-state index in [9.17, 15) is 0 Å². The maximum atomic E-state index is 3.60. The van der Waals surface area contributed by atoms with Gasteiger partial charge in [-0.25, -0.2) is 0 Å². The number of hydrogen-bond donors (Lipinski definition) is 1. The monoisotopic (exact) mass is 269 g/mol. The first kappa shape index (κ1) is 13.3. The van der Waals surface area contributed by atoms with E-state index in [0.717, 1.165) is 12.5 Å². The fraction of sp³-hybridized carbons (Fsp3) is 0.412. The molecule has 1 saturated heterocycles. The van der Waals surface area contributed by atoms with E-state index in [-0.39, 0.29) is 0 Å². The summed E-state index contributed by atoms with van der Waals surface area (Å²) in [5.41, 5.74) is 2.43. The van der Waals surface area contributed by atoms with Crippen LogP contribution in [0.4, 0.5) is 5.69 Å². The Hall–Kier alpha value is -1.74. The Kier molecular flexibility index (Phi) is 4.07. The molecule has 2 aromatic rings. The Morgan fingerprint density at radius 2 is 1.85 bits per heavy atom. The first-order chi connectivity index (χ1) is 9.81. The van der Waals surface area contributed by atoms with Crippen LogP contribution in [0.1, 0.15) is 12.8 Å². The van der Waals surface area contributed by atoms with Crippen LogP contribution in [-0.4, -0.2) is 36.1 Å². The maximum absolute atomic E-state index is 3.60. The number of nitrogens with one attached hydrogen (secondary N) is 1. The number of rotatable bonds is 4. The number of piperidine rings is 1. The van der Waals surface area contributed by atoms with Gasteiger partial charge in [0, 0.05) is 30.3 Å². The Morgan fingerprint density at radius 3 is 2.60 bits per heavy atom. The number of nitrogens with zero attached hydrogens (tertiary/aromatic N) is 2. The van der Waals surface area contributed by atoms with Crippen molar-refractivity contribution in [1.29, 1.82) is 0 Å². The summed E-state index contributed by atoms with van der Waals surface area (Å²) >= 11 is 0. The average Bonchev–Trinajstić information content (AvgIpc) is 3.01. The maximum Gasteiger partial charge on any atom is 0.0469 e. The summed E-state index contributed by atoms with van der Waals surface area (Å²) in [6.07, 6.45) is 6.77. The molecule has 3 heteroatoms. The summed E-state index contributed by atoms with van der Waals surface area (Å²) in [5.74, 6) is 0.807. The quantitative estimate of drug-likeness (QED) is 0.919. The molecule has 0 atom stereocenters. The molecule has 1 aliphatic heterocycles. The molecule has 20 heavy (non-hydrogen) atoms. The molecular formula is C17H23N3. The second-order valence-corrected chi connectivity index (χ2v) is 5.77. The molecule has 2 heterocycles. The largest absolute Gasteiger partial charge is 0.385 e. The van der Waals surface area contributed by atoms with Gasteiger partial charge in [-0.05, 0) is 69.2 Å². The van der Waals surface area contributed by atoms with E-state index in [2.05, 4.69) is 70.6 Å². The van der Waals surface area contributed by atoms with Crippen LogP contribution in [-0.2, 0) is 0 Å². The number of hydrogen-bond acceptors (Lipinski definition) is 2.